The van der Waals surface area contributed by atoms with Crippen LogP contribution in [0.1, 0.15) is 25.7 Å². The molecule has 0 heterocycles. The highest BCUT2D eigenvalue weighted by Gasteiger charge is 2.58. The third kappa shape index (κ3) is 2.58. The zero-order chi connectivity index (χ0) is 13.2. The van der Waals surface area contributed by atoms with E-state index in [1.54, 1.807) is 28.4 Å². The van der Waals surface area contributed by atoms with Gasteiger partial charge in [0.15, 0.2) is 0 Å². The van der Waals surface area contributed by atoms with E-state index < -0.39 is 18.3 Å². The van der Waals surface area contributed by atoms with Crippen LogP contribution in [-0.4, -0.2) is 46.8 Å². The molecule has 0 aromatic rings. The average molecular weight is 292 g/mol. The molecule has 2 aliphatic carbocycles. The molecule has 5 nitrogen and oxygen atoms in total. The quantitative estimate of drug-likeness (QED) is 0.664. The van der Waals surface area contributed by atoms with Crippen LogP contribution in [0.15, 0.2) is 0 Å². The van der Waals surface area contributed by atoms with E-state index in [2.05, 4.69) is 0 Å². The van der Waals surface area contributed by atoms with Crippen molar-refractivity contribution >= 4 is 18.3 Å². The van der Waals surface area contributed by atoms with E-state index in [0.29, 0.717) is 11.5 Å². The molecule has 7 heteroatoms. The smallest absolute Gasteiger partial charge is 0.380 e. The predicted octanol–water partition coefficient (Wildman–Crippen LogP) is 1.43. The Kier molecular flexibility index (Phi) is 4.98. The molecular formula is C11H24O5Si2. The molecule has 18 heavy (non-hydrogen) atoms. The summed E-state index contributed by atoms with van der Waals surface area (Å²) >= 11 is 0. The SMILES string of the molecule is CO[SiH](OC)O[Si](OC)(OC)C1CC2CCC1C2. The second kappa shape index (κ2) is 6.12. The zero-order valence-electron chi connectivity index (χ0n) is 11.7. The summed E-state index contributed by atoms with van der Waals surface area (Å²) in [5.74, 6) is 1.54. The summed E-state index contributed by atoms with van der Waals surface area (Å²) < 4.78 is 28.0. The van der Waals surface area contributed by atoms with Gasteiger partial charge in [0, 0.05) is 34.0 Å². The van der Waals surface area contributed by atoms with Gasteiger partial charge in [0.1, 0.15) is 0 Å². The second-order valence-electron chi connectivity index (χ2n) is 5.17. The Hall–Kier alpha value is 0.234. The first-order valence-corrected chi connectivity index (χ1v) is 9.74. The molecule has 0 aromatic carbocycles. The lowest BCUT2D eigenvalue weighted by atomic mass is 10.0. The molecule has 0 N–H and O–H groups in total. The Morgan fingerprint density at radius 1 is 0.944 bits per heavy atom. The lowest BCUT2D eigenvalue weighted by Crippen LogP contribution is -2.54. The van der Waals surface area contributed by atoms with Crippen molar-refractivity contribution in [1.82, 2.24) is 0 Å². The molecule has 0 spiro atoms. The van der Waals surface area contributed by atoms with Crippen LogP contribution >= 0.6 is 0 Å². The van der Waals surface area contributed by atoms with Gasteiger partial charge in [-0.3, -0.25) is 0 Å². The molecule has 0 radical (unpaired) electrons. The van der Waals surface area contributed by atoms with Gasteiger partial charge in [-0.1, -0.05) is 6.42 Å². The number of hydrogen-bond acceptors (Lipinski definition) is 5. The molecule has 3 unspecified atom stereocenters. The van der Waals surface area contributed by atoms with E-state index in [0.717, 1.165) is 5.92 Å². The Bertz CT molecular complexity index is 270. The van der Waals surface area contributed by atoms with Gasteiger partial charge in [-0.25, -0.2) is 0 Å². The van der Waals surface area contributed by atoms with Crippen molar-refractivity contribution in [3.05, 3.63) is 0 Å². The Labute approximate surface area is 112 Å². The van der Waals surface area contributed by atoms with Crippen molar-refractivity contribution in [3.63, 3.8) is 0 Å². The largest absolute Gasteiger partial charge is 0.496 e. The highest BCUT2D eigenvalue weighted by atomic mass is 28.4. The molecule has 0 aromatic heterocycles. The number of fused-ring (bicyclic) bond motifs is 2. The van der Waals surface area contributed by atoms with Crippen molar-refractivity contribution in [1.29, 1.82) is 0 Å². The minimum atomic E-state index is -2.66. The van der Waals surface area contributed by atoms with Crippen molar-refractivity contribution in [3.8, 4) is 0 Å². The lowest BCUT2D eigenvalue weighted by molar-refractivity contribution is 0.0929. The molecule has 2 aliphatic rings. The summed E-state index contributed by atoms with van der Waals surface area (Å²) in [5.41, 5.74) is 0.423. The predicted molar refractivity (Wildman–Crippen MR) is 71.2 cm³/mol. The topological polar surface area (TPSA) is 46.2 Å². The normalized spacial score (nSPS) is 31.5. The maximum absolute atomic E-state index is 6.06. The molecule has 3 atom stereocenters. The molecule has 2 saturated carbocycles. The van der Waals surface area contributed by atoms with Crippen molar-refractivity contribution in [2.24, 2.45) is 11.8 Å². The molecule has 0 saturated heterocycles. The summed E-state index contributed by atoms with van der Waals surface area (Å²) in [4.78, 5) is 0. The Balaban J connectivity index is 2.10. The zero-order valence-corrected chi connectivity index (χ0v) is 13.8. The van der Waals surface area contributed by atoms with Gasteiger partial charge in [0.05, 0.1) is 0 Å². The third-order valence-electron chi connectivity index (χ3n) is 4.41. The van der Waals surface area contributed by atoms with Crippen LogP contribution in [0.25, 0.3) is 0 Å². The summed E-state index contributed by atoms with van der Waals surface area (Å²) in [6.07, 6.45) is 5.12. The van der Waals surface area contributed by atoms with Crippen LogP contribution in [0.4, 0.5) is 0 Å². The van der Waals surface area contributed by atoms with Gasteiger partial charge in [0.2, 0.25) is 0 Å². The molecule has 2 rings (SSSR count). The first kappa shape index (κ1) is 14.6. The third-order valence-corrected chi connectivity index (χ3v) is 10.0. The van der Waals surface area contributed by atoms with Crippen LogP contribution in [0, 0.1) is 11.8 Å². The summed E-state index contributed by atoms with van der Waals surface area (Å²) in [6.45, 7) is 0. The molecule has 0 aliphatic heterocycles. The standard InChI is InChI=1S/C11H24O5Si2/c1-12-17(13-2)16-18(14-3,15-4)11-8-9-5-6-10(11)7-9/h9-11,17H,5-8H2,1-4H3. The van der Waals surface area contributed by atoms with Gasteiger partial charge in [-0.05, 0) is 31.1 Å². The van der Waals surface area contributed by atoms with Gasteiger partial charge in [0.25, 0.3) is 0 Å². The fraction of sp³-hybridized carbons (Fsp3) is 1.00. The minimum Gasteiger partial charge on any atom is -0.380 e. The van der Waals surface area contributed by atoms with E-state index in [1.165, 1.54) is 25.7 Å². The maximum Gasteiger partial charge on any atom is 0.496 e. The highest BCUT2D eigenvalue weighted by molar-refractivity contribution is 6.69. The second-order valence-corrected chi connectivity index (χ2v) is 10.4. The number of hydrogen-bond donors (Lipinski definition) is 0. The van der Waals surface area contributed by atoms with Gasteiger partial charge < -0.3 is 21.8 Å². The maximum atomic E-state index is 6.06. The van der Waals surface area contributed by atoms with Gasteiger partial charge >= 0.3 is 18.3 Å². The highest BCUT2D eigenvalue weighted by Crippen LogP contribution is 2.55. The Morgan fingerprint density at radius 3 is 2.00 bits per heavy atom. The van der Waals surface area contributed by atoms with E-state index in [9.17, 15) is 0 Å². The van der Waals surface area contributed by atoms with Crippen LogP contribution < -0.4 is 0 Å². The number of rotatable bonds is 7. The van der Waals surface area contributed by atoms with Crippen LogP contribution in [0.2, 0.25) is 5.54 Å². The van der Waals surface area contributed by atoms with Crippen LogP contribution in [0.3, 0.4) is 0 Å². The van der Waals surface area contributed by atoms with Crippen LogP contribution in [0.5, 0.6) is 0 Å². The van der Waals surface area contributed by atoms with Crippen LogP contribution in [-0.2, 0) is 21.8 Å². The molecule has 2 bridgehead atoms. The van der Waals surface area contributed by atoms with E-state index >= 15 is 0 Å². The minimum absolute atomic E-state index is 0.423. The monoisotopic (exact) mass is 292 g/mol. The summed E-state index contributed by atoms with van der Waals surface area (Å²) in [7, 11) is 1.84. The first-order valence-electron chi connectivity index (χ1n) is 6.52. The summed E-state index contributed by atoms with van der Waals surface area (Å²) in [5, 5.41) is 0. The van der Waals surface area contributed by atoms with Crippen molar-refractivity contribution < 1.29 is 21.8 Å². The van der Waals surface area contributed by atoms with Crippen molar-refractivity contribution in [2.75, 3.05) is 28.4 Å². The molecule has 106 valence electrons. The molecule has 0 amide bonds. The van der Waals surface area contributed by atoms with Gasteiger partial charge in [-0.15, -0.1) is 0 Å². The average Bonchev–Trinajstić information content (AvgIpc) is 3.04. The molecular weight excluding hydrogens is 268 g/mol. The summed E-state index contributed by atoms with van der Waals surface area (Å²) in [6, 6.07) is 0. The van der Waals surface area contributed by atoms with E-state index in [-0.39, 0.29) is 0 Å². The fourth-order valence-electron chi connectivity index (χ4n) is 3.57. The van der Waals surface area contributed by atoms with E-state index in [4.69, 9.17) is 21.8 Å². The first-order chi connectivity index (χ1) is 8.69. The fourth-order valence-corrected chi connectivity index (χ4v) is 9.35. The van der Waals surface area contributed by atoms with Gasteiger partial charge in [-0.2, -0.15) is 0 Å². The Morgan fingerprint density at radius 2 is 1.61 bits per heavy atom. The lowest BCUT2D eigenvalue weighted by Gasteiger charge is -2.37. The van der Waals surface area contributed by atoms with E-state index in [1.807, 2.05) is 0 Å². The molecule has 2 fully saturated rings. The van der Waals surface area contributed by atoms with Crippen molar-refractivity contribution in [2.45, 2.75) is 31.2 Å².